The number of anilines is 1. The highest BCUT2D eigenvalue weighted by Crippen LogP contribution is 2.29. The second-order valence-electron chi connectivity index (χ2n) is 7.47. The molecule has 2 atom stereocenters. The SMILES string of the molecule is COc1cc(N)c(Cl)cc1C(=O)NC1CCN(CCCOc2ccc(F)cc2)CC1O. The number of rotatable bonds is 8. The number of β-amino-alcohol motifs (C(OH)–C–C–N with tert-alkyl or cyclic N) is 1. The number of hydrogen-bond acceptors (Lipinski definition) is 6. The lowest BCUT2D eigenvalue weighted by molar-refractivity contribution is 0.0362. The number of methoxy groups -OCH3 is 1. The lowest BCUT2D eigenvalue weighted by atomic mass is 10.0. The molecule has 4 N–H and O–H groups in total. The summed E-state index contributed by atoms with van der Waals surface area (Å²) in [6.07, 6.45) is 0.671. The number of nitrogens with two attached hydrogens (primary N) is 1. The van der Waals surface area contributed by atoms with E-state index in [0.717, 1.165) is 19.5 Å². The molecule has 9 heteroatoms. The zero-order valence-corrected chi connectivity index (χ0v) is 18.1. The zero-order valence-electron chi connectivity index (χ0n) is 17.3. The van der Waals surface area contributed by atoms with Gasteiger partial charge in [0.1, 0.15) is 17.3 Å². The number of nitrogen functional groups attached to an aromatic ring is 1. The summed E-state index contributed by atoms with van der Waals surface area (Å²) in [6.45, 7) is 2.43. The monoisotopic (exact) mass is 451 g/mol. The molecule has 0 radical (unpaired) electrons. The summed E-state index contributed by atoms with van der Waals surface area (Å²) in [5, 5.41) is 13.7. The van der Waals surface area contributed by atoms with Crippen LogP contribution in [0.5, 0.6) is 11.5 Å². The summed E-state index contributed by atoms with van der Waals surface area (Å²) in [6, 6.07) is 8.50. The third-order valence-corrected chi connectivity index (χ3v) is 5.57. The molecule has 1 aliphatic heterocycles. The smallest absolute Gasteiger partial charge is 0.255 e. The number of piperidine rings is 1. The second-order valence-corrected chi connectivity index (χ2v) is 7.87. The van der Waals surface area contributed by atoms with Crippen molar-refractivity contribution in [2.24, 2.45) is 0 Å². The zero-order chi connectivity index (χ0) is 22.4. The van der Waals surface area contributed by atoms with Crippen molar-refractivity contribution in [3.05, 3.63) is 52.8 Å². The van der Waals surface area contributed by atoms with Crippen LogP contribution in [0.2, 0.25) is 5.02 Å². The van der Waals surface area contributed by atoms with Crippen LogP contribution in [0.15, 0.2) is 36.4 Å². The third-order valence-electron chi connectivity index (χ3n) is 5.25. The first-order chi connectivity index (χ1) is 14.9. The summed E-state index contributed by atoms with van der Waals surface area (Å²) in [5.41, 5.74) is 6.36. The van der Waals surface area contributed by atoms with E-state index in [-0.39, 0.29) is 28.4 Å². The molecule has 168 valence electrons. The van der Waals surface area contributed by atoms with Crippen molar-refractivity contribution in [2.45, 2.75) is 25.0 Å². The number of carbonyl (C=O) groups is 1. The maximum absolute atomic E-state index is 12.9. The van der Waals surface area contributed by atoms with Crippen LogP contribution in [-0.2, 0) is 0 Å². The normalized spacial score (nSPS) is 19.1. The van der Waals surface area contributed by atoms with Crippen LogP contribution in [0.4, 0.5) is 10.1 Å². The van der Waals surface area contributed by atoms with E-state index in [1.54, 1.807) is 12.1 Å². The summed E-state index contributed by atoms with van der Waals surface area (Å²) < 4.78 is 23.7. The molecule has 7 nitrogen and oxygen atoms in total. The molecule has 0 bridgehead atoms. The van der Waals surface area contributed by atoms with E-state index in [9.17, 15) is 14.3 Å². The number of likely N-dealkylation sites (tertiary alicyclic amines) is 1. The topological polar surface area (TPSA) is 97.0 Å². The number of nitrogens with zero attached hydrogens (tertiary/aromatic N) is 1. The fourth-order valence-corrected chi connectivity index (χ4v) is 3.70. The number of benzene rings is 2. The molecule has 0 aromatic heterocycles. The highest BCUT2D eigenvalue weighted by Gasteiger charge is 2.29. The van der Waals surface area contributed by atoms with Crippen molar-refractivity contribution in [3.63, 3.8) is 0 Å². The Balaban J connectivity index is 1.45. The Kier molecular flexibility index (Phi) is 7.95. The summed E-state index contributed by atoms with van der Waals surface area (Å²) >= 11 is 6.04. The first-order valence-electron chi connectivity index (χ1n) is 10.1. The molecule has 31 heavy (non-hydrogen) atoms. The second kappa shape index (κ2) is 10.7. The maximum atomic E-state index is 12.9. The fourth-order valence-electron chi connectivity index (χ4n) is 3.54. The summed E-state index contributed by atoms with van der Waals surface area (Å²) in [7, 11) is 1.45. The molecule has 1 aliphatic rings. The molecule has 1 saturated heterocycles. The molecule has 0 aliphatic carbocycles. The Morgan fingerprint density at radius 1 is 1.35 bits per heavy atom. The first kappa shape index (κ1) is 23.1. The minimum absolute atomic E-state index is 0.268. The number of nitrogens with one attached hydrogen (secondary N) is 1. The molecule has 2 aromatic rings. The Morgan fingerprint density at radius 2 is 2.10 bits per heavy atom. The van der Waals surface area contributed by atoms with Gasteiger partial charge in [0.2, 0.25) is 0 Å². The highest BCUT2D eigenvalue weighted by atomic mass is 35.5. The molecule has 1 heterocycles. The van der Waals surface area contributed by atoms with E-state index in [0.29, 0.717) is 36.8 Å². The minimum Gasteiger partial charge on any atom is -0.496 e. The van der Waals surface area contributed by atoms with Crippen molar-refractivity contribution in [1.29, 1.82) is 0 Å². The molecule has 1 amide bonds. The van der Waals surface area contributed by atoms with Crippen LogP contribution in [0, 0.1) is 5.82 Å². The van der Waals surface area contributed by atoms with E-state index >= 15 is 0 Å². The molecular formula is C22H27ClFN3O4. The minimum atomic E-state index is -0.703. The summed E-state index contributed by atoms with van der Waals surface area (Å²) in [5.74, 6) is 0.284. The number of amides is 1. The standard InChI is InChI=1S/C22H27ClFN3O4/c1-30-21-12-18(25)17(23)11-16(21)22(29)26-19-7-9-27(13-20(19)28)8-2-10-31-15-5-3-14(24)4-6-15/h3-6,11-12,19-20,28H,2,7-10,13,25H2,1H3,(H,26,29). The van der Waals surface area contributed by atoms with Gasteiger partial charge in [0, 0.05) is 25.7 Å². The number of halogens is 2. The molecule has 2 aromatic carbocycles. The average molecular weight is 452 g/mol. The van der Waals surface area contributed by atoms with Crippen LogP contribution >= 0.6 is 11.6 Å². The summed E-state index contributed by atoms with van der Waals surface area (Å²) in [4.78, 5) is 14.8. The van der Waals surface area contributed by atoms with Crippen molar-refractivity contribution in [3.8, 4) is 11.5 Å². The van der Waals surface area contributed by atoms with Crippen LogP contribution in [0.3, 0.4) is 0 Å². The molecule has 3 rings (SSSR count). The van der Waals surface area contributed by atoms with Gasteiger partial charge in [-0.25, -0.2) is 4.39 Å². The number of aliphatic hydroxyl groups excluding tert-OH is 1. The van der Waals surface area contributed by atoms with Crippen molar-refractivity contribution in [1.82, 2.24) is 10.2 Å². The van der Waals surface area contributed by atoms with Crippen molar-refractivity contribution < 1.29 is 23.8 Å². The van der Waals surface area contributed by atoms with Crippen LogP contribution < -0.4 is 20.5 Å². The molecule has 1 fully saturated rings. The maximum Gasteiger partial charge on any atom is 0.255 e. The van der Waals surface area contributed by atoms with Gasteiger partial charge in [0.25, 0.3) is 5.91 Å². The van der Waals surface area contributed by atoms with E-state index < -0.39 is 6.10 Å². The lowest BCUT2D eigenvalue weighted by Crippen LogP contribution is -2.54. The van der Waals surface area contributed by atoms with E-state index in [1.807, 2.05) is 0 Å². The Morgan fingerprint density at radius 3 is 2.77 bits per heavy atom. The van der Waals surface area contributed by atoms with Gasteiger partial charge in [-0.2, -0.15) is 0 Å². The van der Waals surface area contributed by atoms with Gasteiger partial charge in [0.15, 0.2) is 0 Å². The van der Waals surface area contributed by atoms with Crippen molar-refractivity contribution in [2.75, 3.05) is 39.1 Å². The first-order valence-corrected chi connectivity index (χ1v) is 10.5. The van der Waals surface area contributed by atoms with E-state index in [4.69, 9.17) is 26.8 Å². The molecule has 2 unspecified atom stereocenters. The van der Waals surface area contributed by atoms with E-state index in [1.165, 1.54) is 31.4 Å². The van der Waals surface area contributed by atoms with Crippen LogP contribution in [-0.4, -0.2) is 61.4 Å². The van der Waals surface area contributed by atoms with Crippen LogP contribution in [0.1, 0.15) is 23.2 Å². The predicted molar refractivity (Wildman–Crippen MR) is 117 cm³/mol. The van der Waals surface area contributed by atoms with Gasteiger partial charge < -0.3 is 30.5 Å². The van der Waals surface area contributed by atoms with Gasteiger partial charge in [-0.15, -0.1) is 0 Å². The van der Waals surface area contributed by atoms with E-state index in [2.05, 4.69) is 10.2 Å². The van der Waals surface area contributed by atoms with Gasteiger partial charge in [0.05, 0.1) is 42.1 Å². The Labute approximate surface area is 185 Å². The third kappa shape index (κ3) is 6.22. The predicted octanol–water partition coefficient (Wildman–Crippen LogP) is 2.70. The molecule has 0 spiro atoms. The number of ether oxygens (including phenoxy) is 2. The van der Waals surface area contributed by atoms with Crippen molar-refractivity contribution >= 4 is 23.2 Å². The Bertz CT molecular complexity index is 897. The van der Waals surface area contributed by atoms with Gasteiger partial charge in [-0.05, 0) is 43.2 Å². The van der Waals surface area contributed by atoms with Crippen LogP contribution in [0.25, 0.3) is 0 Å². The molecular weight excluding hydrogens is 425 g/mol. The number of aliphatic hydroxyl groups is 1. The van der Waals surface area contributed by atoms with Gasteiger partial charge in [-0.3, -0.25) is 4.79 Å². The van der Waals surface area contributed by atoms with Gasteiger partial charge >= 0.3 is 0 Å². The largest absolute Gasteiger partial charge is 0.496 e. The number of carbonyl (C=O) groups excluding carboxylic acids is 1. The van der Waals surface area contributed by atoms with Gasteiger partial charge in [-0.1, -0.05) is 11.6 Å². The average Bonchev–Trinajstić information content (AvgIpc) is 2.75. The highest BCUT2D eigenvalue weighted by molar-refractivity contribution is 6.33. The quantitative estimate of drug-likeness (QED) is 0.422. The Hall–Kier alpha value is -2.55. The fraction of sp³-hybridized carbons (Fsp3) is 0.409. The molecule has 0 saturated carbocycles. The lowest BCUT2D eigenvalue weighted by Gasteiger charge is -2.36. The number of hydrogen-bond donors (Lipinski definition) is 3.